The number of methoxy groups -OCH3 is 1. The molecule has 0 spiro atoms. The number of carbonyl (C=O) groups is 1. The van der Waals surface area contributed by atoms with Gasteiger partial charge in [0, 0.05) is 7.11 Å². The monoisotopic (exact) mass is 252 g/mol. The summed E-state index contributed by atoms with van der Waals surface area (Å²) in [6.07, 6.45) is -0.312. The van der Waals surface area contributed by atoms with Crippen LogP contribution in [0.25, 0.3) is 0 Å². The second kappa shape index (κ2) is 5.87. The summed E-state index contributed by atoms with van der Waals surface area (Å²) in [6.45, 7) is 7.24. The van der Waals surface area contributed by atoms with Gasteiger partial charge in [0.1, 0.15) is 11.5 Å². The predicted octanol–water partition coefficient (Wildman–Crippen LogP) is 3.01. The van der Waals surface area contributed by atoms with Gasteiger partial charge in [-0.3, -0.25) is 4.79 Å². The zero-order valence-corrected chi connectivity index (χ0v) is 11.5. The minimum atomic E-state index is -0.514. The molecule has 100 valence electrons. The van der Waals surface area contributed by atoms with Gasteiger partial charge in [0.25, 0.3) is 0 Å². The molecule has 4 heteroatoms. The van der Waals surface area contributed by atoms with Crippen LogP contribution in [0.2, 0.25) is 0 Å². The molecule has 0 amide bonds. The lowest BCUT2D eigenvalue weighted by atomic mass is 9.97. The number of ether oxygens (including phenoxy) is 3. The van der Waals surface area contributed by atoms with Crippen LogP contribution >= 0.6 is 0 Å². The molecule has 0 aliphatic carbocycles. The smallest absolute Gasteiger partial charge is 0.316 e. The molecule has 0 N–H and O–H groups in total. The Hall–Kier alpha value is -1.55. The van der Waals surface area contributed by atoms with Crippen molar-refractivity contribution in [3.05, 3.63) is 24.3 Å². The number of rotatable bonds is 4. The Balaban J connectivity index is 2.63. The van der Waals surface area contributed by atoms with Crippen LogP contribution in [-0.4, -0.2) is 19.4 Å². The molecule has 0 radical (unpaired) electrons. The summed E-state index contributed by atoms with van der Waals surface area (Å²) in [5.74, 6) is 0.911. The Kier molecular flexibility index (Phi) is 4.73. The van der Waals surface area contributed by atoms with E-state index in [2.05, 4.69) is 0 Å². The molecule has 0 saturated carbocycles. The average Bonchev–Trinajstić information content (AvgIpc) is 2.30. The van der Waals surface area contributed by atoms with Crippen LogP contribution in [0.15, 0.2) is 24.3 Å². The molecule has 18 heavy (non-hydrogen) atoms. The molecule has 0 saturated heterocycles. The molecule has 1 aromatic carbocycles. The molecule has 0 aliphatic heterocycles. The number of carbonyl (C=O) groups excluding carboxylic acids is 1. The van der Waals surface area contributed by atoms with Gasteiger partial charge >= 0.3 is 5.97 Å². The van der Waals surface area contributed by atoms with Crippen molar-refractivity contribution < 1.29 is 19.0 Å². The topological polar surface area (TPSA) is 44.8 Å². The van der Waals surface area contributed by atoms with Crippen molar-refractivity contribution in [2.24, 2.45) is 5.41 Å². The lowest BCUT2D eigenvalue weighted by molar-refractivity contribution is -0.143. The van der Waals surface area contributed by atoms with E-state index in [1.165, 1.54) is 0 Å². The zero-order valence-electron chi connectivity index (χ0n) is 11.5. The van der Waals surface area contributed by atoms with E-state index < -0.39 is 5.41 Å². The Labute approximate surface area is 108 Å². The summed E-state index contributed by atoms with van der Waals surface area (Å²) in [5.41, 5.74) is -0.514. The second-order valence-corrected chi connectivity index (χ2v) is 5.03. The lowest BCUT2D eigenvalue weighted by Crippen LogP contribution is -2.25. The van der Waals surface area contributed by atoms with Crippen molar-refractivity contribution >= 4 is 5.97 Å². The summed E-state index contributed by atoms with van der Waals surface area (Å²) >= 11 is 0. The summed E-state index contributed by atoms with van der Waals surface area (Å²) in [5, 5.41) is 0. The van der Waals surface area contributed by atoms with Gasteiger partial charge in [0.05, 0.1) is 5.41 Å². The van der Waals surface area contributed by atoms with Crippen molar-refractivity contribution in [1.82, 2.24) is 0 Å². The van der Waals surface area contributed by atoms with Gasteiger partial charge in [-0.25, -0.2) is 0 Å². The molecule has 1 rings (SSSR count). The average molecular weight is 252 g/mol. The highest BCUT2D eigenvalue weighted by molar-refractivity contribution is 5.77. The van der Waals surface area contributed by atoms with E-state index in [-0.39, 0.29) is 12.3 Å². The molecule has 1 unspecified atom stereocenters. The fourth-order valence-electron chi connectivity index (χ4n) is 1.09. The Morgan fingerprint density at radius 1 is 1.11 bits per heavy atom. The minimum absolute atomic E-state index is 0.263. The maximum atomic E-state index is 11.7. The molecular formula is C14H20O4. The second-order valence-electron chi connectivity index (χ2n) is 5.03. The van der Waals surface area contributed by atoms with Crippen molar-refractivity contribution in [2.45, 2.75) is 34.0 Å². The van der Waals surface area contributed by atoms with Crippen LogP contribution in [0.5, 0.6) is 11.5 Å². The van der Waals surface area contributed by atoms with E-state index in [0.29, 0.717) is 11.5 Å². The summed E-state index contributed by atoms with van der Waals surface area (Å²) < 4.78 is 15.7. The van der Waals surface area contributed by atoms with Gasteiger partial charge in [-0.15, -0.1) is 0 Å². The van der Waals surface area contributed by atoms with Gasteiger partial charge in [-0.1, -0.05) is 0 Å². The normalized spacial score (nSPS) is 12.9. The molecule has 1 atom stereocenters. The fourth-order valence-corrected chi connectivity index (χ4v) is 1.09. The van der Waals surface area contributed by atoms with Crippen LogP contribution in [0, 0.1) is 5.41 Å². The first-order valence-electron chi connectivity index (χ1n) is 5.84. The third-order valence-electron chi connectivity index (χ3n) is 2.28. The highest BCUT2D eigenvalue weighted by Gasteiger charge is 2.23. The third kappa shape index (κ3) is 4.37. The number of hydrogen-bond donors (Lipinski definition) is 0. The maximum Gasteiger partial charge on any atom is 0.316 e. The van der Waals surface area contributed by atoms with E-state index in [0.717, 1.165) is 0 Å². The highest BCUT2D eigenvalue weighted by atomic mass is 16.7. The molecule has 0 aromatic heterocycles. The van der Waals surface area contributed by atoms with Crippen molar-refractivity contribution in [3.8, 4) is 11.5 Å². The molecular weight excluding hydrogens is 232 g/mol. The van der Waals surface area contributed by atoms with E-state index in [4.69, 9.17) is 14.2 Å². The standard InChI is InChI=1S/C14H20O4/c1-10(16-5)17-11-6-8-12(9-7-11)18-13(15)14(2,3)4/h6-10H,1-5H3. The Morgan fingerprint density at radius 2 is 1.61 bits per heavy atom. The lowest BCUT2D eigenvalue weighted by Gasteiger charge is -2.17. The summed E-state index contributed by atoms with van der Waals surface area (Å²) in [7, 11) is 1.57. The minimum Gasteiger partial charge on any atom is -0.465 e. The van der Waals surface area contributed by atoms with Crippen LogP contribution < -0.4 is 9.47 Å². The van der Waals surface area contributed by atoms with Crippen molar-refractivity contribution in [3.63, 3.8) is 0 Å². The molecule has 0 fully saturated rings. The molecule has 1 aromatic rings. The molecule has 0 bridgehead atoms. The van der Waals surface area contributed by atoms with Gasteiger partial charge in [0.2, 0.25) is 0 Å². The molecule has 0 aliphatic rings. The first kappa shape index (κ1) is 14.5. The van der Waals surface area contributed by atoms with Crippen molar-refractivity contribution in [2.75, 3.05) is 7.11 Å². The number of hydrogen-bond acceptors (Lipinski definition) is 4. The van der Waals surface area contributed by atoms with Crippen LogP contribution in [0.3, 0.4) is 0 Å². The molecule has 4 nitrogen and oxygen atoms in total. The van der Waals surface area contributed by atoms with E-state index in [1.807, 2.05) is 20.8 Å². The first-order chi connectivity index (χ1) is 8.32. The largest absolute Gasteiger partial charge is 0.465 e. The maximum absolute atomic E-state index is 11.7. The van der Waals surface area contributed by atoms with Crippen molar-refractivity contribution in [1.29, 1.82) is 0 Å². The first-order valence-corrected chi connectivity index (χ1v) is 5.84. The van der Waals surface area contributed by atoms with Gasteiger partial charge in [-0.05, 0) is 52.0 Å². The quantitative estimate of drug-likeness (QED) is 0.469. The van der Waals surface area contributed by atoms with Crippen LogP contribution in [-0.2, 0) is 9.53 Å². The van der Waals surface area contributed by atoms with Gasteiger partial charge in [0.15, 0.2) is 6.29 Å². The fraction of sp³-hybridized carbons (Fsp3) is 0.500. The summed E-state index contributed by atoms with van der Waals surface area (Å²) in [6, 6.07) is 6.87. The predicted molar refractivity (Wildman–Crippen MR) is 68.6 cm³/mol. The highest BCUT2D eigenvalue weighted by Crippen LogP contribution is 2.22. The van der Waals surface area contributed by atoms with E-state index in [9.17, 15) is 4.79 Å². The zero-order chi connectivity index (χ0) is 13.8. The van der Waals surface area contributed by atoms with Gasteiger partial charge < -0.3 is 14.2 Å². The third-order valence-corrected chi connectivity index (χ3v) is 2.28. The van der Waals surface area contributed by atoms with Crippen LogP contribution in [0.4, 0.5) is 0 Å². The van der Waals surface area contributed by atoms with E-state index >= 15 is 0 Å². The summed E-state index contributed by atoms with van der Waals surface area (Å²) in [4.78, 5) is 11.7. The SMILES string of the molecule is COC(C)Oc1ccc(OC(=O)C(C)(C)C)cc1. The van der Waals surface area contributed by atoms with Crippen LogP contribution in [0.1, 0.15) is 27.7 Å². The van der Waals surface area contributed by atoms with Gasteiger partial charge in [-0.2, -0.15) is 0 Å². The number of esters is 1. The Bertz CT molecular complexity index is 389. The Morgan fingerprint density at radius 3 is 2.06 bits per heavy atom. The van der Waals surface area contributed by atoms with E-state index in [1.54, 1.807) is 38.3 Å². The molecule has 0 heterocycles. The number of benzene rings is 1.